The van der Waals surface area contributed by atoms with Gasteiger partial charge < -0.3 is 9.84 Å². The highest BCUT2D eigenvalue weighted by Gasteiger charge is 2.37. The zero-order valence-electron chi connectivity index (χ0n) is 12.5. The van der Waals surface area contributed by atoms with E-state index < -0.39 is 12.3 Å². The average Bonchev–Trinajstić information content (AvgIpc) is 2.48. The van der Waals surface area contributed by atoms with E-state index in [2.05, 4.69) is 34.7 Å². The van der Waals surface area contributed by atoms with Crippen LogP contribution in [0.1, 0.15) is 44.1 Å². The van der Waals surface area contributed by atoms with Gasteiger partial charge in [0, 0.05) is 22.6 Å². The van der Waals surface area contributed by atoms with E-state index in [0.717, 1.165) is 25.7 Å². The molecular formula is C16H22INO3. The van der Waals surface area contributed by atoms with Gasteiger partial charge in [-0.15, -0.1) is 0 Å². The Kier molecular flexibility index (Phi) is 5.87. The van der Waals surface area contributed by atoms with E-state index in [9.17, 15) is 9.90 Å². The molecule has 21 heavy (non-hydrogen) atoms. The van der Waals surface area contributed by atoms with E-state index >= 15 is 0 Å². The lowest BCUT2D eigenvalue weighted by atomic mass is 9.79. The number of halogens is 1. The highest BCUT2D eigenvalue weighted by Crippen LogP contribution is 2.38. The fourth-order valence-corrected chi connectivity index (χ4v) is 4.05. The molecule has 1 aliphatic rings. The number of benzene rings is 1. The maximum Gasteiger partial charge on any atom is 0.409 e. The van der Waals surface area contributed by atoms with Crippen LogP contribution < -0.4 is 0 Å². The number of carboxylic acid groups (broad SMARTS) is 1. The molecule has 0 saturated heterocycles. The van der Waals surface area contributed by atoms with Crippen LogP contribution in [0.25, 0.3) is 0 Å². The lowest BCUT2D eigenvalue weighted by Crippen LogP contribution is -2.49. The molecule has 4 nitrogen and oxygen atoms in total. The predicted molar refractivity (Wildman–Crippen MR) is 90.5 cm³/mol. The second kappa shape index (κ2) is 7.45. The summed E-state index contributed by atoms with van der Waals surface area (Å²) < 4.78 is 6.50. The molecule has 5 heteroatoms. The first-order valence-corrected chi connectivity index (χ1v) is 8.42. The molecule has 2 rings (SSSR count). The predicted octanol–water partition coefficient (Wildman–Crippen LogP) is 4.29. The van der Waals surface area contributed by atoms with Crippen molar-refractivity contribution in [1.82, 2.24) is 4.90 Å². The minimum absolute atomic E-state index is 0.0119. The number of rotatable bonds is 4. The van der Waals surface area contributed by atoms with Crippen LogP contribution in [-0.2, 0) is 4.74 Å². The maximum absolute atomic E-state index is 11.7. The zero-order chi connectivity index (χ0) is 15.4. The van der Waals surface area contributed by atoms with E-state index in [1.807, 2.05) is 12.1 Å². The molecule has 116 valence electrons. The van der Waals surface area contributed by atoms with Crippen molar-refractivity contribution in [2.45, 2.75) is 50.8 Å². The van der Waals surface area contributed by atoms with E-state index in [4.69, 9.17) is 4.74 Å². The maximum atomic E-state index is 11.7. The van der Waals surface area contributed by atoms with Crippen LogP contribution in [0.4, 0.5) is 4.79 Å². The summed E-state index contributed by atoms with van der Waals surface area (Å²) >= 11 is 2.34. The van der Waals surface area contributed by atoms with Crippen molar-refractivity contribution in [3.63, 3.8) is 0 Å². The van der Waals surface area contributed by atoms with Crippen LogP contribution >= 0.6 is 22.6 Å². The van der Waals surface area contributed by atoms with Crippen LogP contribution in [0.2, 0.25) is 0 Å². The van der Waals surface area contributed by atoms with E-state index in [1.165, 1.54) is 14.0 Å². The third kappa shape index (κ3) is 3.69. The van der Waals surface area contributed by atoms with Gasteiger partial charge in [0.15, 0.2) is 0 Å². The van der Waals surface area contributed by atoms with Gasteiger partial charge in [-0.05, 0) is 54.0 Å². The molecule has 3 atom stereocenters. The normalized spacial score (nSPS) is 23.6. The molecule has 0 spiro atoms. The fraction of sp³-hybridized carbons (Fsp3) is 0.562. The van der Waals surface area contributed by atoms with Gasteiger partial charge in [-0.2, -0.15) is 0 Å². The highest BCUT2D eigenvalue weighted by atomic mass is 127. The van der Waals surface area contributed by atoms with Gasteiger partial charge in [0.1, 0.15) is 6.23 Å². The molecule has 0 radical (unpaired) electrons. The quantitative estimate of drug-likeness (QED) is 0.603. The number of hydrogen-bond donors (Lipinski definition) is 1. The lowest BCUT2D eigenvalue weighted by Gasteiger charge is -2.41. The topological polar surface area (TPSA) is 49.8 Å². The Bertz CT molecular complexity index is 494. The van der Waals surface area contributed by atoms with Gasteiger partial charge in [-0.1, -0.05) is 31.0 Å². The standard InChI is InChI=1S/C16H22INO3/c1-11(21-2)18(16(19)20)15-10-6-4-8-13(15)12-7-3-5-9-14(12)17/h3,5,7,9,11,13,15H,4,6,8,10H2,1-2H3,(H,19,20)/t11?,13-,15-/m0/s1. The largest absolute Gasteiger partial charge is 0.465 e. The Balaban J connectivity index is 2.34. The SMILES string of the molecule is COC(C)N(C(=O)O)[C@H]1CCCC[C@H]1c1ccccc1I. The number of amides is 1. The van der Waals surface area contributed by atoms with Gasteiger partial charge in [0.05, 0.1) is 0 Å². The van der Waals surface area contributed by atoms with Crippen molar-refractivity contribution in [1.29, 1.82) is 0 Å². The van der Waals surface area contributed by atoms with Crippen molar-refractivity contribution < 1.29 is 14.6 Å². The Labute approximate surface area is 139 Å². The second-order valence-corrected chi connectivity index (χ2v) is 6.67. The van der Waals surface area contributed by atoms with E-state index in [0.29, 0.717) is 0 Å². The summed E-state index contributed by atoms with van der Waals surface area (Å²) in [6, 6.07) is 8.26. The first kappa shape index (κ1) is 16.5. The molecular weight excluding hydrogens is 381 g/mol. The Morgan fingerprint density at radius 1 is 1.38 bits per heavy atom. The minimum Gasteiger partial charge on any atom is -0.465 e. The molecule has 1 aliphatic carbocycles. The smallest absolute Gasteiger partial charge is 0.409 e. The van der Waals surface area contributed by atoms with Gasteiger partial charge in [-0.3, -0.25) is 4.90 Å². The third-order valence-electron chi connectivity index (χ3n) is 4.35. The molecule has 0 heterocycles. The number of methoxy groups -OCH3 is 1. The number of hydrogen-bond acceptors (Lipinski definition) is 2. The van der Waals surface area contributed by atoms with Gasteiger partial charge in [-0.25, -0.2) is 4.79 Å². The summed E-state index contributed by atoms with van der Waals surface area (Å²) in [5, 5.41) is 9.61. The van der Waals surface area contributed by atoms with Crippen molar-refractivity contribution in [3.8, 4) is 0 Å². The monoisotopic (exact) mass is 403 g/mol. The van der Waals surface area contributed by atoms with Crippen molar-refractivity contribution in [3.05, 3.63) is 33.4 Å². The van der Waals surface area contributed by atoms with Crippen molar-refractivity contribution >= 4 is 28.7 Å². The van der Waals surface area contributed by atoms with E-state index in [-0.39, 0.29) is 12.0 Å². The summed E-state index contributed by atoms with van der Waals surface area (Å²) in [5.74, 6) is 0.251. The average molecular weight is 403 g/mol. The highest BCUT2D eigenvalue weighted by molar-refractivity contribution is 14.1. The number of carbonyl (C=O) groups is 1. The Morgan fingerprint density at radius 2 is 2.05 bits per heavy atom. The Hall–Kier alpha value is -0.820. The molecule has 1 aromatic rings. The molecule has 1 unspecified atom stereocenters. The molecule has 0 aromatic heterocycles. The van der Waals surface area contributed by atoms with Crippen LogP contribution in [0.5, 0.6) is 0 Å². The van der Waals surface area contributed by atoms with Crippen molar-refractivity contribution in [2.24, 2.45) is 0 Å². The lowest BCUT2D eigenvalue weighted by molar-refractivity contribution is -0.0410. The molecule has 1 saturated carbocycles. The van der Waals surface area contributed by atoms with Crippen LogP contribution in [0.15, 0.2) is 24.3 Å². The molecule has 1 amide bonds. The first-order valence-electron chi connectivity index (χ1n) is 7.34. The second-order valence-electron chi connectivity index (χ2n) is 5.50. The van der Waals surface area contributed by atoms with E-state index in [1.54, 1.807) is 14.0 Å². The molecule has 1 aromatic carbocycles. The number of ether oxygens (including phenoxy) is 1. The summed E-state index contributed by atoms with van der Waals surface area (Å²) in [6.45, 7) is 1.80. The number of nitrogens with zero attached hydrogens (tertiary/aromatic N) is 1. The molecule has 1 N–H and O–H groups in total. The zero-order valence-corrected chi connectivity index (χ0v) is 14.6. The van der Waals surface area contributed by atoms with Gasteiger partial charge >= 0.3 is 6.09 Å². The third-order valence-corrected chi connectivity index (χ3v) is 5.33. The summed E-state index contributed by atoms with van der Waals surface area (Å²) in [6.07, 6.45) is 2.84. The van der Waals surface area contributed by atoms with Crippen LogP contribution in [-0.4, -0.2) is 35.5 Å². The summed E-state index contributed by atoms with van der Waals surface area (Å²) in [7, 11) is 1.56. The fourth-order valence-electron chi connectivity index (χ4n) is 3.26. The first-order chi connectivity index (χ1) is 10.1. The summed E-state index contributed by atoms with van der Waals surface area (Å²) in [5.41, 5.74) is 1.26. The molecule has 0 aliphatic heterocycles. The Morgan fingerprint density at radius 3 is 2.67 bits per heavy atom. The van der Waals surface area contributed by atoms with Crippen LogP contribution in [0.3, 0.4) is 0 Å². The van der Waals surface area contributed by atoms with Crippen molar-refractivity contribution in [2.75, 3.05) is 7.11 Å². The van der Waals surface area contributed by atoms with Crippen LogP contribution in [0, 0.1) is 3.57 Å². The minimum atomic E-state index is -0.896. The molecule has 0 bridgehead atoms. The van der Waals surface area contributed by atoms with Gasteiger partial charge in [0.25, 0.3) is 0 Å². The summed E-state index contributed by atoms with van der Waals surface area (Å²) in [4.78, 5) is 13.2. The molecule has 1 fully saturated rings. The van der Waals surface area contributed by atoms with Gasteiger partial charge in [0.2, 0.25) is 0 Å².